The Morgan fingerprint density at radius 2 is 1.95 bits per heavy atom. The van der Waals surface area contributed by atoms with Gasteiger partial charge >= 0.3 is 5.97 Å². The molecular formula is C32H54N2O5S. The van der Waals surface area contributed by atoms with E-state index in [2.05, 4.69) is 25.7 Å². The zero-order valence-corrected chi connectivity index (χ0v) is 26.9. The fourth-order valence-corrected chi connectivity index (χ4v) is 8.72. The normalized spacial score (nSPS) is 33.3. The number of fused-ring (bicyclic) bond motifs is 2. The third-order valence-electron chi connectivity index (χ3n) is 10.9. The van der Waals surface area contributed by atoms with Crippen molar-refractivity contribution < 1.29 is 24.2 Å². The first-order valence-electron chi connectivity index (χ1n) is 15.2. The van der Waals surface area contributed by atoms with Gasteiger partial charge in [-0.2, -0.15) is 0 Å². The van der Waals surface area contributed by atoms with Crippen molar-refractivity contribution in [3.63, 3.8) is 0 Å². The van der Waals surface area contributed by atoms with Gasteiger partial charge in [0.05, 0.1) is 17.9 Å². The van der Waals surface area contributed by atoms with Crippen LogP contribution in [-0.4, -0.2) is 58.1 Å². The number of aliphatic hydroxyl groups excluding tert-OH is 1. The smallest absolute Gasteiger partial charge is 0.316 e. The molecule has 8 heteroatoms. The van der Waals surface area contributed by atoms with Gasteiger partial charge in [-0.3, -0.25) is 14.4 Å². The highest BCUT2D eigenvalue weighted by Crippen LogP contribution is 2.75. The van der Waals surface area contributed by atoms with Crippen molar-refractivity contribution in [1.82, 2.24) is 5.32 Å². The second-order valence-electron chi connectivity index (χ2n) is 14.4. The Kier molecular flexibility index (Phi) is 10.0. The van der Waals surface area contributed by atoms with Gasteiger partial charge in [0.25, 0.3) is 0 Å². The minimum absolute atomic E-state index is 0.0409. The predicted octanol–water partition coefficient (Wildman–Crippen LogP) is 4.89. The van der Waals surface area contributed by atoms with E-state index in [-0.39, 0.29) is 46.2 Å². The van der Waals surface area contributed by atoms with E-state index in [1.165, 1.54) is 11.8 Å². The molecule has 3 aliphatic carbocycles. The fraction of sp³-hybridized carbons (Fsp3) is 0.844. The van der Waals surface area contributed by atoms with Gasteiger partial charge in [-0.1, -0.05) is 47.6 Å². The highest BCUT2D eigenvalue weighted by molar-refractivity contribution is 8.01. The van der Waals surface area contributed by atoms with Crippen molar-refractivity contribution in [2.75, 3.05) is 12.3 Å². The number of esters is 1. The number of carbonyl (C=O) groups excluding carboxylic acids is 3. The lowest BCUT2D eigenvalue weighted by molar-refractivity contribution is -0.185. The van der Waals surface area contributed by atoms with E-state index in [9.17, 15) is 19.5 Å². The lowest BCUT2D eigenvalue weighted by Crippen LogP contribution is -2.61. The lowest BCUT2D eigenvalue weighted by Gasteiger charge is -2.60. The Bertz CT molecular complexity index is 984. The van der Waals surface area contributed by atoms with Gasteiger partial charge in [-0.15, -0.1) is 18.3 Å². The van der Waals surface area contributed by atoms with Crippen LogP contribution in [0.15, 0.2) is 12.7 Å². The molecule has 9 atom stereocenters. The summed E-state index contributed by atoms with van der Waals surface area (Å²) in [6.45, 7) is 20.6. The Morgan fingerprint density at radius 3 is 2.50 bits per heavy atom. The standard InChI is InChI=1S/C32H54N2O5S/c1-10-22(35)30(8,11-2)16-24(31(9)20(5)14-32-15-21(27(31)32)12-13-23(32)36)39-25(37)17-40-29(6,7)18-34-28(38)26(33)19(3)4/h11,19-22,24,26-27,35H,2,10,12-18,33H2,1,3-9H3,(H,34,38)/t20-,21-,22+,24-,26-,27-,30?,31+,32?/m1/s1. The largest absolute Gasteiger partial charge is 0.461 e. The third-order valence-corrected chi connectivity index (χ3v) is 12.2. The number of ketones is 1. The Labute approximate surface area is 246 Å². The molecule has 0 aromatic heterocycles. The van der Waals surface area contributed by atoms with Crippen molar-refractivity contribution in [2.45, 2.75) is 117 Å². The number of ether oxygens (including phenoxy) is 1. The van der Waals surface area contributed by atoms with Crippen molar-refractivity contribution in [2.24, 2.45) is 45.7 Å². The molecule has 3 saturated carbocycles. The van der Waals surface area contributed by atoms with Crippen LogP contribution in [0.2, 0.25) is 0 Å². The van der Waals surface area contributed by atoms with E-state index in [4.69, 9.17) is 10.5 Å². The Morgan fingerprint density at radius 1 is 1.30 bits per heavy atom. The molecule has 40 heavy (non-hydrogen) atoms. The third kappa shape index (κ3) is 6.05. The van der Waals surface area contributed by atoms with Crippen molar-refractivity contribution in [3.8, 4) is 0 Å². The van der Waals surface area contributed by atoms with E-state index in [1.807, 2.05) is 41.5 Å². The molecule has 3 aliphatic rings. The average molecular weight is 579 g/mol. The summed E-state index contributed by atoms with van der Waals surface area (Å²) < 4.78 is 6.00. The molecule has 228 valence electrons. The SMILES string of the molecule is C=CC(C)(C[C@@H](OC(=O)CSC(C)(C)CNC(=O)[C@H](N)C(C)C)[C@]1(C)[C@H](C)CC23C[C@@H](CCC2=O)[C@@H]31)[C@@H](O)CC. The zero-order chi connectivity index (χ0) is 30.3. The summed E-state index contributed by atoms with van der Waals surface area (Å²) in [5.74, 6) is 0.953. The van der Waals surface area contributed by atoms with Gasteiger partial charge in [-0.05, 0) is 69.6 Å². The number of Topliss-reactive ketones (excluding diaryl/α,β-unsaturated/α-hetero) is 1. The minimum atomic E-state index is -0.632. The van der Waals surface area contributed by atoms with Gasteiger partial charge in [0.15, 0.2) is 0 Å². The number of thioether (sulfide) groups is 1. The first-order valence-corrected chi connectivity index (χ1v) is 16.2. The molecule has 4 N–H and O–H groups in total. The fourth-order valence-electron chi connectivity index (χ4n) is 7.97. The van der Waals surface area contributed by atoms with Crippen LogP contribution in [0.1, 0.15) is 93.9 Å². The number of aliphatic hydroxyl groups is 1. The molecule has 0 radical (unpaired) electrons. The number of amides is 1. The van der Waals surface area contributed by atoms with Crippen LogP contribution in [0.5, 0.6) is 0 Å². The van der Waals surface area contributed by atoms with E-state index in [1.54, 1.807) is 6.08 Å². The first kappa shape index (κ1) is 33.1. The van der Waals surface area contributed by atoms with Crippen LogP contribution in [0.25, 0.3) is 0 Å². The quantitative estimate of drug-likeness (QED) is 0.198. The summed E-state index contributed by atoms with van der Waals surface area (Å²) in [6, 6.07) is -0.570. The number of hydrogen-bond donors (Lipinski definition) is 3. The van der Waals surface area contributed by atoms with Crippen LogP contribution in [0.3, 0.4) is 0 Å². The number of hydrogen-bond acceptors (Lipinski definition) is 7. The number of nitrogens with one attached hydrogen (secondary N) is 1. The molecule has 3 fully saturated rings. The number of carbonyl (C=O) groups is 3. The summed E-state index contributed by atoms with van der Waals surface area (Å²) in [5, 5.41) is 13.9. The van der Waals surface area contributed by atoms with E-state index in [0.717, 1.165) is 19.3 Å². The van der Waals surface area contributed by atoms with Crippen LogP contribution >= 0.6 is 11.8 Å². The second-order valence-corrected chi connectivity index (χ2v) is 16.1. The molecule has 0 aliphatic heterocycles. The molecule has 0 saturated heterocycles. The lowest BCUT2D eigenvalue weighted by atomic mass is 9.43. The molecule has 1 spiro atoms. The summed E-state index contributed by atoms with van der Waals surface area (Å²) in [7, 11) is 0. The van der Waals surface area contributed by atoms with Gasteiger partial charge in [0, 0.05) is 34.0 Å². The van der Waals surface area contributed by atoms with Crippen molar-refractivity contribution in [1.29, 1.82) is 0 Å². The Hall–Kier alpha value is -1.38. The van der Waals surface area contributed by atoms with Crippen LogP contribution in [-0.2, 0) is 19.1 Å². The predicted molar refractivity (Wildman–Crippen MR) is 162 cm³/mol. The van der Waals surface area contributed by atoms with Crippen LogP contribution in [0.4, 0.5) is 0 Å². The molecule has 0 heterocycles. The van der Waals surface area contributed by atoms with E-state index in [0.29, 0.717) is 37.5 Å². The van der Waals surface area contributed by atoms with Crippen molar-refractivity contribution >= 4 is 29.4 Å². The molecule has 2 bridgehead atoms. The molecular weight excluding hydrogens is 524 g/mol. The van der Waals surface area contributed by atoms with Gasteiger partial charge in [-0.25, -0.2) is 0 Å². The maximum absolute atomic E-state index is 13.5. The topological polar surface area (TPSA) is 119 Å². The van der Waals surface area contributed by atoms with Crippen LogP contribution in [0, 0.1) is 39.9 Å². The summed E-state index contributed by atoms with van der Waals surface area (Å²) in [5.41, 5.74) is 4.70. The second kappa shape index (κ2) is 12.1. The van der Waals surface area contributed by atoms with Gasteiger partial charge < -0.3 is 20.9 Å². The highest BCUT2D eigenvalue weighted by Gasteiger charge is 2.73. The molecule has 2 unspecified atom stereocenters. The molecule has 0 aromatic carbocycles. The zero-order valence-electron chi connectivity index (χ0n) is 26.0. The van der Waals surface area contributed by atoms with Gasteiger partial charge in [0.2, 0.25) is 5.91 Å². The summed E-state index contributed by atoms with van der Waals surface area (Å²) in [6.07, 6.45) is 5.16. The monoisotopic (exact) mass is 578 g/mol. The molecule has 7 nitrogen and oxygen atoms in total. The van der Waals surface area contributed by atoms with E-state index < -0.39 is 28.4 Å². The summed E-state index contributed by atoms with van der Waals surface area (Å²) in [4.78, 5) is 39.0. The summed E-state index contributed by atoms with van der Waals surface area (Å²) >= 11 is 1.45. The molecule has 3 rings (SSSR count). The molecule has 1 amide bonds. The number of rotatable bonds is 14. The highest BCUT2D eigenvalue weighted by atomic mass is 32.2. The maximum atomic E-state index is 13.5. The van der Waals surface area contributed by atoms with Crippen LogP contribution < -0.4 is 11.1 Å². The van der Waals surface area contributed by atoms with Crippen molar-refractivity contribution in [3.05, 3.63) is 12.7 Å². The minimum Gasteiger partial charge on any atom is -0.461 e. The average Bonchev–Trinajstić information content (AvgIpc) is 3.08. The van der Waals surface area contributed by atoms with E-state index >= 15 is 0 Å². The Balaban J connectivity index is 1.78. The molecule has 0 aromatic rings. The maximum Gasteiger partial charge on any atom is 0.316 e. The number of nitrogens with two attached hydrogens (primary N) is 1. The van der Waals surface area contributed by atoms with Gasteiger partial charge in [0.1, 0.15) is 11.9 Å². The first-order chi connectivity index (χ1) is 18.5.